The van der Waals surface area contributed by atoms with Gasteiger partial charge in [0.05, 0.1) is 21.7 Å². The Hall–Kier alpha value is -3.07. The number of fused-ring (bicyclic) bond motifs is 1. The first-order valence-electron chi connectivity index (χ1n) is 13.2. The Kier molecular flexibility index (Phi) is 9.31. The molecule has 0 atom stereocenters. The summed E-state index contributed by atoms with van der Waals surface area (Å²) in [6, 6.07) is 22.2. The first-order chi connectivity index (χ1) is 18.3. The highest BCUT2D eigenvalue weighted by Gasteiger charge is 2.26. The zero-order valence-electron chi connectivity index (χ0n) is 22.3. The summed E-state index contributed by atoms with van der Waals surface area (Å²) in [4.78, 5) is 20.5. The fourth-order valence-electron chi connectivity index (χ4n) is 4.28. The number of rotatable bonds is 12. The molecule has 6 nitrogen and oxygen atoms in total. The predicted octanol–water partition coefficient (Wildman–Crippen LogP) is 7.04. The van der Waals surface area contributed by atoms with Gasteiger partial charge in [-0.25, -0.2) is 13.4 Å². The van der Waals surface area contributed by atoms with E-state index >= 15 is 0 Å². The fourth-order valence-corrected chi connectivity index (χ4v) is 6.84. The minimum atomic E-state index is -3.63. The maximum atomic E-state index is 13.8. The van der Waals surface area contributed by atoms with Gasteiger partial charge in [-0.05, 0) is 61.2 Å². The second-order valence-corrected chi connectivity index (χ2v) is 12.4. The van der Waals surface area contributed by atoms with Crippen molar-refractivity contribution in [2.24, 2.45) is 0 Å². The number of aryl methyl sites for hydroxylation is 1. The van der Waals surface area contributed by atoms with E-state index in [-0.39, 0.29) is 10.8 Å². The van der Waals surface area contributed by atoms with Crippen LogP contribution in [-0.4, -0.2) is 36.7 Å². The number of amides is 1. The van der Waals surface area contributed by atoms with Gasteiger partial charge in [-0.1, -0.05) is 80.5 Å². The zero-order chi connectivity index (χ0) is 27.1. The highest BCUT2D eigenvalue weighted by atomic mass is 32.2. The van der Waals surface area contributed by atoms with Gasteiger partial charge in [0.1, 0.15) is 0 Å². The molecule has 0 saturated heterocycles. The van der Waals surface area contributed by atoms with Crippen LogP contribution in [0.1, 0.15) is 61.0 Å². The third kappa shape index (κ3) is 6.31. The standard InChI is InChI=1S/C30H35N3O3S2/c1-4-6-20-32(21-7-5-2)38(35,36)26-18-16-25(17-19-26)29(34)33(22-24-13-9-8-10-14-24)30-31-28-23(3)12-11-15-27(28)37-30/h8-19H,4-7,20-22H2,1-3H3. The van der Waals surface area contributed by atoms with Crippen molar-refractivity contribution in [3.05, 3.63) is 89.5 Å². The Bertz CT molecular complexity index is 1460. The molecule has 0 spiro atoms. The molecule has 0 unspecified atom stereocenters. The molecule has 200 valence electrons. The number of sulfonamides is 1. The molecule has 8 heteroatoms. The third-order valence-electron chi connectivity index (χ3n) is 6.53. The van der Waals surface area contributed by atoms with Crippen LogP contribution in [0.5, 0.6) is 0 Å². The lowest BCUT2D eigenvalue weighted by atomic mass is 10.1. The molecule has 1 amide bonds. The smallest absolute Gasteiger partial charge is 0.260 e. The van der Waals surface area contributed by atoms with Gasteiger partial charge in [0.15, 0.2) is 5.13 Å². The number of para-hydroxylation sites is 1. The number of nitrogens with zero attached hydrogens (tertiary/aromatic N) is 3. The van der Waals surface area contributed by atoms with Crippen molar-refractivity contribution < 1.29 is 13.2 Å². The van der Waals surface area contributed by atoms with Crippen molar-refractivity contribution in [3.8, 4) is 0 Å². The summed E-state index contributed by atoms with van der Waals surface area (Å²) in [6.07, 6.45) is 3.48. The van der Waals surface area contributed by atoms with Crippen molar-refractivity contribution in [3.63, 3.8) is 0 Å². The second-order valence-electron chi connectivity index (χ2n) is 9.43. The van der Waals surface area contributed by atoms with Crippen molar-refractivity contribution in [2.45, 2.75) is 57.9 Å². The maximum absolute atomic E-state index is 13.8. The number of hydrogen-bond donors (Lipinski definition) is 0. The van der Waals surface area contributed by atoms with Crippen LogP contribution in [-0.2, 0) is 16.6 Å². The fraction of sp³-hybridized carbons (Fsp3) is 0.333. The summed E-state index contributed by atoms with van der Waals surface area (Å²) in [7, 11) is -3.63. The van der Waals surface area contributed by atoms with Gasteiger partial charge in [-0.3, -0.25) is 9.69 Å². The minimum absolute atomic E-state index is 0.214. The molecule has 1 aromatic heterocycles. The van der Waals surface area contributed by atoms with Crippen LogP contribution >= 0.6 is 11.3 Å². The van der Waals surface area contributed by atoms with E-state index in [1.807, 2.05) is 55.5 Å². The molecule has 0 aliphatic rings. The normalized spacial score (nSPS) is 11.8. The van der Waals surface area contributed by atoms with Gasteiger partial charge in [0.25, 0.3) is 5.91 Å². The molecule has 38 heavy (non-hydrogen) atoms. The van der Waals surface area contributed by atoms with Gasteiger partial charge < -0.3 is 0 Å². The summed E-state index contributed by atoms with van der Waals surface area (Å²) in [5.74, 6) is -0.219. The van der Waals surface area contributed by atoms with Crippen LogP contribution in [0.4, 0.5) is 5.13 Å². The number of hydrogen-bond acceptors (Lipinski definition) is 5. The lowest BCUT2D eigenvalue weighted by Crippen LogP contribution is -2.33. The molecule has 0 aliphatic heterocycles. The first kappa shape index (κ1) is 28.0. The highest BCUT2D eigenvalue weighted by molar-refractivity contribution is 7.89. The molecular weight excluding hydrogens is 514 g/mol. The molecule has 0 N–H and O–H groups in total. The quantitative estimate of drug-likeness (QED) is 0.190. The molecule has 0 aliphatic carbocycles. The predicted molar refractivity (Wildman–Crippen MR) is 156 cm³/mol. The topological polar surface area (TPSA) is 70.6 Å². The number of benzene rings is 3. The molecule has 0 radical (unpaired) electrons. The summed E-state index contributed by atoms with van der Waals surface area (Å²) >= 11 is 1.48. The highest BCUT2D eigenvalue weighted by Crippen LogP contribution is 2.32. The van der Waals surface area contributed by atoms with Crippen LogP contribution in [0, 0.1) is 6.92 Å². The van der Waals surface area contributed by atoms with Gasteiger partial charge in [0, 0.05) is 18.7 Å². The van der Waals surface area contributed by atoms with Gasteiger partial charge in [-0.2, -0.15) is 4.31 Å². The van der Waals surface area contributed by atoms with E-state index in [2.05, 4.69) is 13.8 Å². The lowest BCUT2D eigenvalue weighted by molar-refractivity contribution is 0.0985. The van der Waals surface area contributed by atoms with Crippen molar-refractivity contribution in [1.29, 1.82) is 0 Å². The molecule has 4 aromatic rings. The van der Waals surface area contributed by atoms with E-state index in [4.69, 9.17) is 4.98 Å². The summed E-state index contributed by atoms with van der Waals surface area (Å²) in [5.41, 5.74) is 3.35. The average Bonchev–Trinajstić information content (AvgIpc) is 3.37. The van der Waals surface area contributed by atoms with E-state index < -0.39 is 10.0 Å². The van der Waals surface area contributed by atoms with E-state index in [1.165, 1.54) is 11.3 Å². The first-order valence-corrected chi connectivity index (χ1v) is 15.4. The number of thiazole rings is 1. The zero-order valence-corrected chi connectivity index (χ0v) is 23.9. The van der Waals surface area contributed by atoms with E-state index in [9.17, 15) is 13.2 Å². The number of anilines is 1. The molecule has 4 rings (SSSR count). The number of unbranched alkanes of at least 4 members (excludes halogenated alkanes) is 2. The number of carbonyl (C=O) groups is 1. The molecular formula is C30H35N3O3S2. The Balaban J connectivity index is 1.65. The second kappa shape index (κ2) is 12.7. The van der Waals surface area contributed by atoms with Crippen LogP contribution in [0.3, 0.4) is 0 Å². The van der Waals surface area contributed by atoms with Crippen LogP contribution in [0.15, 0.2) is 77.7 Å². The van der Waals surface area contributed by atoms with E-state index in [1.54, 1.807) is 33.5 Å². The Labute approximate surface area is 230 Å². The number of aromatic nitrogens is 1. The Morgan fingerprint density at radius 1 is 0.868 bits per heavy atom. The third-order valence-corrected chi connectivity index (χ3v) is 9.49. The summed E-state index contributed by atoms with van der Waals surface area (Å²) in [6.45, 7) is 7.49. The van der Waals surface area contributed by atoms with Crippen LogP contribution in [0.2, 0.25) is 0 Å². The molecule has 1 heterocycles. The average molecular weight is 550 g/mol. The van der Waals surface area contributed by atoms with Gasteiger partial charge in [0.2, 0.25) is 10.0 Å². The molecule has 0 bridgehead atoms. The lowest BCUT2D eigenvalue weighted by Gasteiger charge is -2.23. The summed E-state index contributed by atoms with van der Waals surface area (Å²) < 4.78 is 29.3. The Morgan fingerprint density at radius 3 is 2.13 bits per heavy atom. The molecule has 0 fully saturated rings. The molecule has 0 saturated carbocycles. The van der Waals surface area contributed by atoms with E-state index in [0.717, 1.165) is 47.0 Å². The van der Waals surface area contributed by atoms with Crippen LogP contribution < -0.4 is 4.90 Å². The van der Waals surface area contributed by atoms with E-state index in [0.29, 0.717) is 30.3 Å². The van der Waals surface area contributed by atoms with Gasteiger partial charge in [-0.15, -0.1) is 0 Å². The monoisotopic (exact) mass is 549 g/mol. The minimum Gasteiger partial charge on any atom is -0.279 e. The van der Waals surface area contributed by atoms with Gasteiger partial charge >= 0.3 is 0 Å². The molecule has 3 aromatic carbocycles. The van der Waals surface area contributed by atoms with Crippen molar-refractivity contribution in [2.75, 3.05) is 18.0 Å². The van der Waals surface area contributed by atoms with Crippen molar-refractivity contribution in [1.82, 2.24) is 9.29 Å². The largest absolute Gasteiger partial charge is 0.279 e. The SMILES string of the molecule is CCCCN(CCCC)S(=O)(=O)c1ccc(C(=O)N(Cc2ccccc2)c2nc3c(C)cccc3s2)cc1. The van der Waals surface area contributed by atoms with Crippen LogP contribution in [0.25, 0.3) is 10.2 Å². The Morgan fingerprint density at radius 2 is 1.53 bits per heavy atom. The summed E-state index contributed by atoms with van der Waals surface area (Å²) in [5, 5.41) is 0.616. The maximum Gasteiger partial charge on any atom is 0.260 e. The van der Waals surface area contributed by atoms with Crippen molar-refractivity contribution >= 4 is 42.6 Å². The number of carbonyl (C=O) groups excluding carboxylic acids is 1.